The fourth-order valence-corrected chi connectivity index (χ4v) is 2.46. The Morgan fingerprint density at radius 1 is 1.27 bits per heavy atom. The Balaban J connectivity index is 1.81. The Morgan fingerprint density at radius 3 is 3.05 bits per heavy atom. The van der Waals surface area contributed by atoms with Crippen LogP contribution in [0.5, 0.6) is 0 Å². The molecule has 4 heterocycles. The van der Waals surface area contributed by atoms with Crippen LogP contribution in [0.25, 0.3) is 27.8 Å². The van der Waals surface area contributed by atoms with Gasteiger partial charge < -0.3 is 10.3 Å². The zero-order valence-corrected chi connectivity index (χ0v) is 12.3. The van der Waals surface area contributed by atoms with Crippen LogP contribution < -0.4 is 5.32 Å². The number of anilines is 1. The van der Waals surface area contributed by atoms with Crippen molar-refractivity contribution < 1.29 is 0 Å². The Hall–Kier alpha value is -2.96. The van der Waals surface area contributed by atoms with Crippen LogP contribution in [0.2, 0.25) is 0 Å². The van der Waals surface area contributed by atoms with E-state index in [-0.39, 0.29) is 0 Å². The van der Waals surface area contributed by atoms with Crippen molar-refractivity contribution in [1.29, 1.82) is 0 Å². The number of nitrogens with one attached hydrogen (secondary N) is 2. The summed E-state index contributed by atoms with van der Waals surface area (Å²) in [6.07, 6.45) is 7.22. The van der Waals surface area contributed by atoms with Gasteiger partial charge in [-0.05, 0) is 31.5 Å². The van der Waals surface area contributed by atoms with Gasteiger partial charge >= 0.3 is 0 Å². The first-order chi connectivity index (χ1) is 10.7. The van der Waals surface area contributed by atoms with Crippen molar-refractivity contribution in [2.24, 2.45) is 0 Å². The third kappa shape index (κ3) is 2.07. The summed E-state index contributed by atoms with van der Waals surface area (Å²) in [5, 5.41) is 8.29. The van der Waals surface area contributed by atoms with E-state index >= 15 is 0 Å². The largest absolute Gasteiger partial charge is 0.352 e. The second kappa shape index (κ2) is 4.80. The average molecular weight is 293 g/mol. The summed E-state index contributed by atoms with van der Waals surface area (Å²) in [6.45, 7) is 4.11. The molecule has 0 aliphatic rings. The van der Waals surface area contributed by atoms with E-state index in [0.29, 0.717) is 12.0 Å². The second-order valence-corrected chi connectivity index (χ2v) is 5.44. The number of nitrogens with zero attached hydrogens (tertiary/aromatic N) is 5. The van der Waals surface area contributed by atoms with E-state index in [1.807, 2.05) is 30.7 Å². The Labute approximate surface area is 126 Å². The topological polar surface area (TPSA) is 83.8 Å². The van der Waals surface area contributed by atoms with Crippen LogP contribution >= 0.6 is 0 Å². The first-order valence-electron chi connectivity index (χ1n) is 7.11. The lowest BCUT2D eigenvalue weighted by atomic mass is 10.1. The van der Waals surface area contributed by atoms with Crippen molar-refractivity contribution >= 4 is 22.6 Å². The molecule has 0 saturated heterocycles. The molecule has 0 amide bonds. The van der Waals surface area contributed by atoms with Gasteiger partial charge in [-0.25, -0.2) is 14.5 Å². The quantitative estimate of drug-likeness (QED) is 0.606. The lowest BCUT2D eigenvalue weighted by Crippen LogP contribution is -2.12. The second-order valence-electron chi connectivity index (χ2n) is 5.44. The van der Waals surface area contributed by atoms with E-state index in [0.717, 1.165) is 27.8 Å². The van der Waals surface area contributed by atoms with Gasteiger partial charge in [0.1, 0.15) is 12.0 Å². The molecule has 2 N–H and O–H groups in total. The van der Waals surface area contributed by atoms with Gasteiger partial charge in [0.15, 0.2) is 5.65 Å². The van der Waals surface area contributed by atoms with Crippen LogP contribution in [-0.2, 0) is 0 Å². The molecule has 0 bridgehead atoms. The SMILES string of the molecule is CC(C)Nc1ncc2c(-c3ccn4ncnc4c3)c[nH]c2n1. The van der Waals surface area contributed by atoms with Gasteiger partial charge in [0, 0.05) is 35.6 Å². The molecule has 22 heavy (non-hydrogen) atoms. The van der Waals surface area contributed by atoms with Crippen LogP contribution in [0, 0.1) is 0 Å². The molecule has 4 aromatic heterocycles. The summed E-state index contributed by atoms with van der Waals surface area (Å²) in [5.74, 6) is 0.629. The number of H-pyrrole nitrogens is 1. The molecule has 7 heteroatoms. The fourth-order valence-electron chi connectivity index (χ4n) is 2.46. The lowest BCUT2D eigenvalue weighted by Gasteiger charge is -2.07. The molecular weight excluding hydrogens is 278 g/mol. The zero-order chi connectivity index (χ0) is 15.1. The van der Waals surface area contributed by atoms with Crippen molar-refractivity contribution in [2.75, 3.05) is 5.32 Å². The minimum absolute atomic E-state index is 0.294. The van der Waals surface area contributed by atoms with Gasteiger partial charge in [0.05, 0.1) is 0 Å². The highest BCUT2D eigenvalue weighted by molar-refractivity contribution is 5.93. The van der Waals surface area contributed by atoms with E-state index in [4.69, 9.17) is 0 Å². The lowest BCUT2D eigenvalue weighted by molar-refractivity contribution is 0.877. The number of fused-ring (bicyclic) bond motifs is 2. The molecule has 0 spiro atoms. The van der Waals surface area contributed by atoms with Gasteiger partial charge in [0.2, 0.25) is 5.95 Å². The Bertz CT molecular complexity index is 951. The van der Waals surface area contributed by atoms with E-state index < -0.39 is 0 Å². The molecule has 0 saturated carbocycles. The number of rotatable bonds is 3. The molecule has 0 aliphatic heterocycles. The Kier molecular flexibility index (Phi) is 2.78. The normalized spacial score (nSPS) is 11.6. The summed E-state index contributed by atoms with van der Waals surface area (Å²) in [7, 11) is 0. The predicted molar refractivity (Wildman–Crippen MR) is 84.6 cm³/mol. The molecule has 0 radical (unpaired) electrons. The number of aromatic amines is 1. The average Bonchev–Trinajstić information content (AvgIpc) is 3.11. The van der Waals surface area contributed by atoms with Gasteiger partial charge in [-0.15, -0.1) is 0 Å². The van der Waals surface area contributed by atoms with Crippen LogP contribution in [0.15, 0.2) is 37.1 Å². The molecular formula is C15H15N7. The van der Waals surface area contributed by atoms with Gasteiger partial charge in [0.25, 0.3) is 0 Å². The maximum Gasteiger partial charge on any atom is 0.224 e. The first kappa shape index (κ1) is 12.8. The summed E-state index contributed by atoms with van der Waals surface area (Å²) in [4.78, 5) is 16.3. The molecule has 4 aromatic rings. The molecule has 110 valence electrons. The molecule has 0 fully saturated rings. The first-order valence-corrected chi connectivity index (χ1v) is 7.11. The number of pyridine rings is 1. The number of aromatic nitrogens is 6. The maximum absolute atomic E-state index is 4.50. The van der Waals surface area contributed by atoms with Crippen LogP contribution in [-0.4, -0.2) is 35.6 Å². The molecule has 4 rings (SSSR count). The van der Waals surface area contributed by atoms with Gasteiger partial charge in [-0.2, -0.15) is 10.1 Å². The van der Waals surface area contributed by atoms with Crippen molar-refractivity contribution in [3.05, 3.63) is 37.1 Å². The van der Waals surface area contributed by atoms with Crippen LogP contribution in [0.3, 0.4) is 0 Å². The highest BCUT2D eigenvalue weighted by Crippen LogP contribution is 2.28. The monoisotopic (exact) mass is 293 g/mol. The van der Waals surface area contributed by atoms with E-state index in [1.165, 1.54) is 0 Å². The minimum atomic E-state index is 0.294. The van der Waals surface area contributed by atoms with E-state index in [2.05, 4.69) is 44.2 Å². The third-order valence-corrected chi connectivity index (χ3v) is 3.44. The molecule has 0 aromatic carbocycles. The van der Waals surface area contributed by atoms with Crippen molar-refractivity contribution in [3.63, 3.8) is 0 Å². The van der Waals surface area contributed by atoms with Crippen molar-refractivity contribution in [3.8, 4) is 11.1 Å². The third-order valence-electron chi connectivity index (χ3n) is 3.44. The predicted octanol–water partition coefficient (Wildman–Crippen LogP) is 2.49. The molecule has 0 aliphatic carbocycles. The van der Waals surface area contributed by atoms with Crippen LogP contribution in [0.4, 0.5) is 5.95 Å². The summed E-state index contributed by atoms with van der Waals surface area (Å²) in [5.41, 5.74) is 3.73. The smallest absolute Gasteiger partial charge is 0.224 e. The number of hydrogen-bond acceptors (Lipinski definition) is 5. The molecule has 7 nitrogen and oxygen atoms in total. The molecule has 0 atom stereocenters. The van der Waals surface area contributed by atoms with Gasteiger partial charge in [-0.3, -0.25) is 0 Å². The van der Waals surface area contributed by atoms with E-state index in [1.54, 1.807) is 10.8 Å². The minimum Gasteiger partial charge on any atom is -0.352 e. The van der Waals surface area contributed by atoms with Crippen molar-refractivity contribution in [2.45, 2.75) is 19.9 Å². The summed E-state index contributed by atoms with van der Waals surface area (Å²) in [6, 6.07) is 4.29. The highest BCUT2D eigenvalue weighted by atomic mass is 15.3. The van der Waals surface area contributed by atoms with Crippen LogP contribution in [0.1, 0.15) is 13.8 Å². The van der Waals surface area contributed by atoms with Gasteiger partial charge in [-0.1, -0.05) is 0 Å². The maximum atomic E-state index is 4.50. The molecule has 0 unspecified atom stereocenters. The van der Waals surface area contributed by atoms with Crippen molar-refractivity contribution in [1.82, 2.24) is 29.5 Å². The number of hydrogen-bond donors (Lipinski definition) is 2. The Morgan fingerprint density at radius 2 is 2.18 bits per heavy atom. The standard InChI is InChI=1S/C15H15N7/c1-9(2)20-15-17-7-12-11(6-16-14(12)21-15)10-3-4-22-13(5-10)18-8-19-22/h3-9H,1-2H3,(H2,16,17,20,21). The zero-order valence-electron chi connectivity index (χ0n) is 12.3. The fraction of sp³-hybridized carbons (Fsp3) is 0.200. The van der Waals surface area contributed by atoms with E-state index in [9.17, 15) is 0 Å². The summed E-state index contributed by atoms with van der Waals surface area (Å²) >= 11 is 0. The summed E-state index contributed by atoms with van der Waals surface area (Å²) < 4.78 is 1.74. The highest BCUT2D eigenvalue weighted by Gasteiger charge is 2.10.